The van der Waals surface area contributed by atoms with Gasteiger partial charge in [-0.25, -0.2) is 9.97 Å². The van der Waals surface area contributed by atoms with E-state index in [2.05, 4.69) is 35.1 Å². The van der Waals surface area contributed by atoms with E-state index in [9.17, 15) is 0 Å². The highest BCUT2D eigenvalue weighted by atomic mass is 32.1. The van der Waals surface area contributed by atoms with Gasteiger partial charge >= 0.3 is 0 Å². The summed E-state index contributed by atoms with van der Waals surface area (Å²) in [5, 5.41) is 2.01. The molecular formula is C16H11N3S2. The SMILES string of the molecule is Cc1ccc2sc(-c3cnc(-c4cccnc4)s3)nc2c1. The molecule has 0 spiro atoms. The number of fused-ring (bicyclic) bond motifs is 1. The highest BCUT2D eigenvalue weighted by Crippen LogP contribution is 2.36. The zero-order valence-corrected chi connectivity index (χ0v) is 12.9. The van der Waals surface area contributed by atoms with E-state index in [1.807, 2.05) is 24.5 Å². The number of rotatable bonds is 2. The van der Waals surface area contributed by atoms with Crippen LogP contribution in [-0.2, 0) is 0 Å². The van der Waals surface area contributed by atoms with E-state index in [1.165, 1.54) is 10.3 Å². The number of hydrogen-bond donors (Lipinski definition) is 0. The molecule has 3 aromatic heterocycles. The van der Waals surface area contributed by atoms with E-state index in [0.717, 1.165) is 26.0 Å². The number of aryl methyl sites for hydroxylation is 1. The maximum absolute atomic E-state index is 4.72. The monoisotopic (exact) mass is 309 g/mol. The first-order valence-electron chi connectivity index (χ1n) is 6.53. The van der Waals surface area contributed by atoms with Gasteiger partial charge < -0.3 is 0 Å². The van der Waals surface area contributed by atoms with Crippen molar-refractivity contribution in [2.45, 2.75) is 6.92 Å². The van der Waals surface area contributed by atoms with Crippen LogP contribution < -0.4 is 0 Å². The molecule has 0 aliphatic heterocycles. The van der Waals surface area contributed by atoms with Crippen molar-refractivity contribution in [3.8, 4) is 20.5 Å². The van der Waals surface area contributed by atoms with Gasteiger partial charge in [0.25, 0.3) is 0 Å². The van der Waals surface area contributed by atoms with Crippen molar-refractivity contribution in [2.75, 3.05) is 0 Å². The molecule has 0 radical (unpaired) electrons. The van der Waals surface area contributed by atoms with Gasteiger partial charge in [-0.2, -0.15) is 0 Å². The molecular weight excluding hydrogens is 298 g/mol. The number of benzene rings is 1. The van der Waals surface area contributed by atoms with Gasteiger partial charge in [0.1, 0.15) is 10.0 Å². The van der Waals surface area contributed by atoms with E-state index in [-0.39, 0.29) is 0 Å². The molecule has 5 heteroatoms. The van der Waals surface area contributed by atoms with Crippen molar-refractivity contribution in [1.29, 1.82) is 0 Å². The summed E-state index contributed by atoms with van der Waals surface area (Å²) in [6.45, 7) is 2.09. The van der Waals surface area contributed by atoms with Crippen LogP contribution in [0.2, 0.25) is 0 Å². The van der Waals surface area contributed by atoms with Crippen LogP contribution in [0.4, 0.5) is 0 Å². The van der Waals surface area contributed by atoms with E-state index in [0.29, 0.717) is 0 Å². The number of hydrogen-bond acceptors (Lipinski definition) is 5. The zero-order chi connectivity index (χ0) is 14.2. The summed E-state index contributed by atoms with van der Waals surface area (Å²) in [5.41, 5.74) is 3.34. The normalized spacial score (nSPS) is 11.1. The smallest absolute Gasteiger partial charge is 0.136 e. The van der Waals surface area contributed by atoms with Crippen molar-refractivity contribution in [3.05, 3.63) is 54.5 Å². The predicted molar refractivity (Wildman–Crippen MR) is 88.7 cm³/mol. The molecule has 3 nitrogen and oxygen atoms in total. The first kappa shape index (κ1) is 12.6. The van der Waals surface area contributed by atoms with Crippen LogP contribution >= 0.6 is 22.7 Å². The molecule has 102 valence electrons. The van der Waals surface area contributed by atoms with Crippen LogP contribution in [-0.4, -0.2) is 15.0 Å². The molecule has 1 aromatic carbocycles. The van der Waals surface area contributed by atoms with Crippen LogP contribution in [0.3, 0.4) is 0 Å². The standard InChI is InChI=1S/C16H11N3S2/c1-10-4-5-13-12(7-10)19-16(20-13)14-9-18-15(21-14)11-3-2-6-17-8-11/h2-9H,1H3. The second kappa shape index (κ2) is 5.02. The van der Waals surface area contributed by atoms with E-state index in [1.54, 1.807) is 28.9 Å². The number of thiazole rings is 2. The minimum atomic E-state index is 0.980. The summed E-state index contributed by atoms with van der Waals surface area (Å²) in [5.74, 6) is 0. The van der Waals surface area contributed by atoms with E-state index in [4.69, 9.17) is 4.98 Å². The Hall–Kier alpha value is -2.11. The second-order valence-electron chi connectivity index (χ2n) is 4.76. The topological polar surface area (TPSA) is 38.7 Å². The number of aromatic nitrogens is 3. The van der Waals surface area contributed by atoms with E-state index >= 15 is 0 Å². The predicted octanol–water partition coefficient (Wildman–Crippen LogP) is 4.79. The first-order valence-corrected chi connectivity index (χ1v) is 8.17. The summed E-state index contributed by atoms with van der Waals surface area (Å²) in [7, 11) is 0. The third kappa shape index (κ3) is 2.34. The molecule has 4 aromatic rings. The summed E-state index contributed by atoms with van der Waals surface area (Å²) in [4.78, 5) is 14.5. The molecule has 21 heavy (non-hydrogen) atoms. The lowest BCUT2D eigenvalue weighted by Crippen LogP contribution is -1.75. The van der Waals surface area contributed by atoms with Crippen LogP contribution in [0.15, 0.2) is 48.9 Å². The third-order valence-electron chi connectivity index (χ3n) is 3.17. The second-order valence-corrected chi connectivity index (χ2v) is 6.82. The summed E-state index contributed by atoms with van der Waals surface area (Å²) >= 11 is 3.37. The molecule has 0 amide bonds. The molecule has 0 N–H and O–H groups in total. The number of pyridine rings is 1. The third-order valence-corrected chi connectivity index (χ3v) is 5.42. The Bertz CT molecular complexity index is 910. The first-order chi connectivity index (χ1) is 10.3. The Morgan fingerprint density at radius 1 is 1.00 bits per heavy atom. The Labute approximate surface area is 130 Å². The fourth-order valence-corrected chi connectivity index (χ4v) is 4.03. The Morgan fingerprint density at radius 2 is 1.95 bits per heavy atom. The highest BCUT2D eigenvalue weighted by Gasteiger charge is 2.11. The fourth-order valence-electron chi connectivity index (χ4n) is 2.14. The summed E-state index contributed by atoms with van der Waals surface area (Å²) < 4.78 is 1.21. The lowest BCUT2D eigenvalue weighted by Gasteiger charge is -1.92. The Kier molecular flexibility index (Phi) is 3.02. The largest absolute Gasteiger partial charge is 0.264 e. The van der Waals surface area contributed by atoms with Crippen LogP contribution in [0.5, 0.6) is 0 Å². The molecule has 4 rings (SSSR count). The summed E-state index contributed by atoms with van der Waals surface area (Å²) in [6.07, 6.45) is 5.51. The minimum Gasteiger partial charge on any atom is -0.264 e. The molecule has 0 atom stereocenters. The molecule has 0 unspecified atom stereocenters. The van der Waals surface area contributed by atoms with Gasteiger partial charge in [0.15, 0.2) is 0 Å². The lowest BCUT2D eigenvalue weighted by molar-refractivity contribution is 1.31. The van der Waals surface area contributed by atoms with Crippen molar-refractivity contribution in [3.63, 3.8) is 0 Å². The van der Waals surface area contributed by atoms with Gasteiger partial charge in [0.2, 0.25) is 0 Å². The minimum absolute atomic E-state index is 0.980. The van der Waals surface area contributed by atoms with Gasteiger partial charge in [0, 0.05) is 24.2 Å². The quantitative estimate of drug-likeness (QED) is 0.534. The van der Waals surface area contributed by atoms with Gasteiger partial charge in [-0.05, 0) is 36.8 Å². The highest BCUT2D eigenvalue weighted by molar-refractivity contribution is 7.26. The Balaban J connectivity index is 1.77. The van der Waals surface area contributed by atoms with Crippen LogP contribution in [0.1, 0.15) is 5.56 Å². The molecule has 0 fully saturated rings. The van der Waals surface area contributed by atoms with E-state index < -0.39 is 0 Å². The maximum Gasteiger partial charge on any atom is 0.136 e. The van der Waals surface area contributed by atoms with Crippen molar-refractivity contribution in [2.24, 2.45) is 0 Å². The summed E-state index contributed by atoms with van der Waals surface area (Å²) in [6, 6.07) is 10.3. The van der Waals surface area contributed by atoms with Gasteiger partial charge in [0.05, 0.1) is 15.1 Å². The Morgan fingerprint density at radius 3 is 2.81 bits per heavy atom. The molecule has 3 heterocycles. The molecule has 0 saturated heterocycles. The molecule has 0 aliphatic carbocycles. The van der Waals surface area contributed by atoms with Crippen LogP contribution in [0.25, 0.3) is 30.7 Å². The average molecular weight is 309 g/mol. The van der Waals surface area contributed by atoms with Crippen molar-refractivity contribution >= 4 is 32.9 Å². The van der Waals surface area contributed by atoms with Gasteiger partial charge in [-0.15, -0.1) is 22.7 Å². The van der Waals surface area contributed by atoms with Crippen molar-refractivity contribution < 1.29 is 0 Å². The lowest BCUT2D eigenvalue weighted by atomic mass is 10.2. The number of nitrogens with zero attached hydrogens (tertiary/aromatic N) is 3. The average Bonchev–Trinajstić information content (AvgIpc) is 3.14. The molecule has 0 saturated carbocycles. The van der Waals surface area contributed by atoms with Gasteiger partial charge in [-0.1, -0.05) is 6.07 Å². The van der Waals surface area contributed by atoms with Crippen molar-refractivity contribution in [1.82, 2.24) is 15.0 Å². The molecule has 0 aliphatic rings. The van der Waals surface area contributed by atoms with Gasteiger partial charge in [-0.3, -0.25) is 4.98 Å². The fraction of sp³-hybridized carbons (Fsp3) is 0.0625. The maximum atomic E-state index is 4.72. The zero-order valence-electron chi connectivity index (χ0n) is 11.3. The molecule has 0 bridgehead atoms. The van der Waals surface area contributed by atoms with Crippen LogP contribution in [0, 0.1) is 6.92 Å².